The summed E-state index contributed by atoms with van der Waals surface area (Å²) < 4.78 is 53.8. The Balaban J connectivity index is 1.60. The quantitative estimate of drug-likeness (QED) is 0.583. The topological polar surface area (TPSA) is 98.5 Å². The molecule has 3 aromatic rings. The Morgan fingerprint density at radius 2 is 2.00 bits per heavy atom. The third kappa shape index (κ3) is 3.27. The van der Waals surface area contributed by atoms with Crippen LogP contribution in [0.3, 0.4) is 0 Å². The van der Waals surface area contributed by atoms with E-state index >= 15 is 4.39 Å². The molecule has 168 valence electrons. The number of nitrogens with one attached hydrogen (secondary N) is 1. The van der Waals surface area contributed by atoms with Gasteiger partial charge in [-0.05, 0) is 55.1 Å². The minimum Gasteiger partial charge on any atom is -0.768 e. The first-order valence-electron chi connectivity index (χ1n) is 10.5. The van der Waals surface area contributed by atoms with Crippen LogP contribution >= 0.6 is 0 Å². The number of rotatable bonds is 4. The van der Waals surface area contributed by atoms with E-state index in [0.717, 1.165) is 36.5 Å². The van der Waals surface area contributed by atoms with E-state index in [1.807, 2.05) is 17.6 Å². The lowest BCUT2D eigenvalue weighted by molar-refractivity contribution is 0.262. The van der Waals surface area contributed by atoms with Crippen LogP contribution in [0.5, 0.6) is 0 Å². The summed E-state index contributed by atoms with van der Waals surface area (Å²) in [5.74, 6) is -0.271. The molecule has 32 heavy (non-hydrogen) atoms. The second-order valence-electron chi connectivity index (χ2n) is 8.01. The van der Waals surface area contributed by atoms with Gasteiger partial charge >= 0.3 is 0 Å². The van der Waals surface area contributed by atoms with Crippen molar-refractivity contribution < 1.29 is 17.5 Å². The highest BCUT2D eigenvalue weighted by Crippen LogP contribution is 2.45. The molecular formula is C21H21F2N6O2S-. The van der Waals surface area contributed by atoms with Crippen molar-refractivity contribution >= 4 is 45.5 Å². The van der Waals surface area contributed by atoms with Gasteiger partial charge in [0.15, 0.2) is 0 Å². The molecule has 1 spiro atoms. The highest BCUT2D eigenvalue weighted by atomic mass is 32.2. The van der Waals surface area contributed by atoms with Gasteiger partial charge < -0.3 is 9.87 Å². The molecule has 2 aliphatic rings. The van der Waals surface area contributed by atoms with Crippen molar-refractivity contribution in [1.29, 1.82) is 0 Å². The van der Waals surface area contributed by atoms with Crippen molar-refractivity contribution in [2.24, 2.45) is 5.10 Å². The summed E-state index contributed by atoms with van der Waals surface area (Å²) in [6.07, 6.45) is 5.70. The lowest BCUT2D eigenvalue weighted by atomic mass is 9.81. The Morgan fingerprint density at radius 1 is 1.22 bits per heavy atom. The number of hydrogen-bond donors (Lipinski definition) is 1. The average Bonchev–Trinajstić information content (AvgIpc) is 3.18. The maximum atomic E-state index is 15.4. The molecule has 1 aromatic carbocycles. The fourth-order valence-corrected chi connectivity index (χ4v) is 4.99. The summed E-state index contributed by atoms with van der Waals surface area (Å²) in [4.78, 5) is 8.72. The smallest absolute Gasteiger partial charge is 0.233 e. The molecule has 0 radical (unpaired) electrons. The molecular weight excluding hydrogens is 438 g/mol. The molecule has 5 rings (SSSR count). The summed E-state index contributed by atoms with van der Waals surface area (Å²) in [5, 5.41) is 9.39. The van der Waals surface area contributed by atoms with Gasteiger partial charge in [-0.2, -0.15) is 9.37 Å². The third-order valence-electron chi connectivity index (χ3n) is 6.17. The number of benzene rings is 1. The summed E-state index contributed by atoms with van der Waals surface area (Å²) in [6, 6.07) is 5.42. The lowest BCUT2D eigenvalue weighted by Crippen LogP contribution is -2.47. The maximum absolute atomic E-state index is 15.4. The lowest BCUT2D eigenvalue weighted by Gasteiger charge is -2.42. The summed E-state index contributed by atoms with van der Waals surface area (Å²) in [6.45, 7) is 2.40. The van der Waals surface area contributed by atoms with Crippen molar-refractivity contribution in [3.05, 3.63) is 36.3 Å². The number of hydrogen-bond acceptors (Lipinski definition) is 7. The SMILES string of the molecule is CCN1N=C(F)C2(CCCCC2)n2c1cc1cnc(Nc3ccc(S(=O)[O-])cc3F)nc12. The standard InChI is InChI=1S/C21H22F2N6O2S/c1-2-28-17-10-13-12-24-20(25-16-7-6-14(32(30)31)11-15(16)22)26-18(13)29(17)21(19(23)27-28)8-4-3-5-9-21/h6-7,10-12H,2-5,8-9H2,1H3,(H,30,31)(H,24,25,26)/p-1. The van der Waals surface area contributed by atoms with Crippen molar-refractivity contribution in [2.75, 3.05) is 16.9 Å². The number of hydrazone groups is 1. The number of fused-ring (bicyclic) bond motifs is 4. The zero-order chi connectivity index (χ0) is 22.5. The number of aromatic nitrogens is 3. The first-order chi connectivity index (χ1) is 15.4. The molecule has 8 nitrogen and oxygen atoms in total. The molecule has 0 bridgehead atoms. The fraction of sp³-hybridized carbons (Fsp3) is 0.381. The van der Waals surface area contributed by atoms with Crippen LogP contribution in [0, 0.1) is 5.82 Å². The van der Waals surface area contributed by atoms with Gasteiger partial charge in [-0.1, -0.05) is 19.3 Å². The van der Waals surface area contributed by atoms with Crippen LogP contribution in [-0.4, -0.2) is 35.8 Å². The Hall–Kier alpha value is -2.92. The average molecular weight is 460 g/mol. The molecule has 1 saturated carbocycles. The van der Waals surface area contributed by atoms with Gasteiger partial charge in [-0.15, -0.1) is 5.10 Å². The van der Waals surface area contributed by atoms with E-state index in [1.165, 1.54) is 12.1 Å². The highest BCUT2D eigenvalue weighted by Gasteiger charge is 2.46. The van der Waals surface area contributed by atoms with Crippen LogP contribution in [0.4, 0.5) is 26.2 Å². The van der Waals surface area contributed by atoms with Crippen molar-refractivity contribution in [2.45, 2.75) is 49.5 Å². The zero-order valence-corrected chi connectivity index (χ0v) is 18.2. The van der Waals surface area contributed by atoms with E-state index in [0.29, 0.717) is 25.0 Å². The summed E-state index contributed by atoms with van der Waals surface area (Å²) in [7, 11) is 0. The largest absolute Gasteiger partial charge is 0.768 e. The Morgan fingerprint density at radius 3 is 2.69 bits per heavy atom. The molecule has 1 unspecified atom stereocenters. The molecule has 11 heteroatoms. The molecule has 1 N–H and O–H groups in total. The monoisotopic (exact) mass is 459 g/mol. The van der Waals surface area contributed by atoms with E-state index < -0.39 is 28.4 Å². The Kier molecular flexibility index (Phi) is 5.17. The predicted octanol–water partition coefficient (Wildman–Crippen LogP) is 4.33. The maximum Gasteiger partial charge on any atom is 0.233 e. The highest BCUT2D eigenvalue weighted by molar-refractivity contribution is 7.79. The molecule has 1 fully saturated rings. The second kappa shape index (κ2) is 7.89. The van der Waals surface area contributed by atoms with Crippen LogP contribution in [0.2, 0.25) is 0 Å². The first-order valence-corrected chi connectivity index (χ1v) is 11.6. The normalized spacial score (nSPS) is 18.5. The van der Waals surface area contributed by atoms with Crippen molar-refractivity contribution in [3.63, 3.8) is 0 Å². The van der Waals surface area contributed by atoms with Crippen LogP contribution in [0.15, 0.2) is 40.5 Å². The number of halogens is 2. The van der Waals surface area contributed by atoms with E-state index in [1.54, 1.807) is 11.2 Å². The Labute approximate surface area is 185 Å². The first kappa shape index (κ1) is 21.0. The van der Waals surface area contributed by atoms with Crippen LogP contribution in [-0.2, 0) is 16.6 Å². The molecule has 1 atom stereocenters. The third-order valence-corrected chi connectivity index (χ3v) is 6.80. The molecule has 0 saturated heterocycles. The molecule has 1 aliphatic carbocycles. The Bertz CT molecular complexity index is 1250. The zero-order valence-electron chi connectivity index (χ0n) is 17.3. The van der Waals surface area contributed by atoms with E-state index in [-0.39, 0.29) is 16.5 Å². The predicted molar refractivity (Wildman–Crippen MR) is 117 cm³/mol. The van der Waals surface area contributed by atoms with Gasteiger partial charge in [0, 0.05) is 23.0 Å². The minimum atomic E-state index is -2.53. The van der Waals surface area contributed by atoms with Gasteiger partial charge in [0.2, 0.25) is 11.9 Å². The number of anilines is 3. The molecule has 2 aromatic heterocycles. The van der Waals surface area contributed by atoms with Crippen LogP contribution in [0.25, 0.3) is 11.0 Å². The summed E-state index contributed by atoms with van der Waals surface area (Å²) >= 11 is -2.53. The van der Waals surface area contributed by atoms with Gasteiger partial charge in [0.25, 0.3) is 0 Å². The van der Waals surface area contributed by atoms with Crippen molar-refractivity contribution in [3.8, 4) is 0 Å². The fourth-order valence-electron chi connectivity index (χ4n) is 4.61. The van der Waals surface area contributed by atoms with Gasteiger partial charge in [0.1, 0.15) is 22.8 Å². The molecule has 0 amide bonds. The minimum absolute atomic E-state index is 0.0410. The second-order valence-corrected chi connectivity index (χ2v) is 8.95. The van der Waals surface area contributed by atoms with Crippen LogP contribution in [0.1, 0.15) is 39.0 Å². The molecule has 1 aliphatic heterocycles. The van der Waals surface area contributed by atoms with Gasteiger partial charge in [-0.25, -0.2) is 14.4 Å². The van der Waals surface area contributed by atoms with Crippen molar-refractivity contribution in [1.82, 2.24) is 14.5 Å². The van der Waals surface area contributed by atoms with Gasteiger partial charge in [0.05, 0.1) is 5.69 Å². The summed E-state index contributed by atoms with van der Waals surface area (Å²) in [5.41, 5.74) is -0.294. The van der Waals surface area contributed by atoms with E-state index in [9.17, 15) is 13.2 Å². The van der Waals surface area contributed by atoms with E-state index in [4.69, 9.17) is 0 Å². The van der Waals surface area contributed by atoms with Crippen LogP contribution < -0.4 is 10.3 Å². The number of nitrogens with zero attached hydrogens (tertiary/aromatic N) is 5. The molecule has 3 heterocycles. The van der Waals surface area contributed by atoms with Gasteiger partial charge in [-0.3, -0.25) is 8.78 Å². The van der Waals surface area contributed by atoms with E-state index in [2.05, 4.69) is 20.4 Å².